The highest BCUT2D eigenvalue weighted by Crippen LogP contribution is 2.27. The number of aliphatic hydroxyl groups excluding tert-OH is 1. The van der Waals surface area contributed by atoms with Gasteiger partial charge in [0.2, 0.25) is 10.0 Å². The Hall–Kier alpha value is -1.18. The third kappa shape index (κ3) is 3.43. The van der Waals surface area contributed by atoms with E-state index in [4.69, 9.17) is 10.8 Å². The van der Waals surface area contributed by atoms with Gasteiger partial charge in [0.1, 0.15) is 5.82 Å². The molecule has 0 amide bonds. The normalized spacial score (nSPS) is 13.5. The van der Waals surface area contributed by atoms with Crippen molar-refractivity contribution in [3.05, 3.63) is 23.0 Å². The van der Waals surface area contributed by atoms with Crippen LogP contribution >= 0.6 is 0 Å². The summed E-state index contributed by atoms with van der Waals surface area (Å²) in [6, 6.07) is 1.10. The van der Waals surface area contributed by atoms with Crippen LogP contribution in [0.25, 0.3) is 0 Å². The van der Waals surface area contributed by atoms with Gasteiger partial charge < -0.3 is 10.8 Å². The van der Waals surface area contributed by atoms with Crippen molar-refractivity contribution in [1.82, 2.24) is 4.72 Å². The molecule has 0 saturated heterocycles. The fourth-order valence-corrected chi connectivity index (χ4v) is 3.38. The Balaban J connectivity index is 3.19. The second-order valence-corrected chi connectivity index (χ2v) is 6.39. The summed E-state index contributed by atoms with van der Waals surface area (Å²) in [6.07, 6.45) is 0. The largest absolute Gasteiger partial charge is 0.396 e. The lowest BCUT2D eigenvalue weighted by Crippen LogP contribution is -2.31. The molecule has 4 N–H and O–H groups in total. The van der Waals surface area contributed by atoms with Gasteiger partial charge in [-0.2, -0.15) is 0 Å². The van der Waals surface area contributed by atoms with E-state index < -0.39 is 15.8 Å². The molecule has 7 heteroatoms. The van der Waals surface area contributed by atoms with Gasteiger partial charge in [-0.25, -0.2) is 17.5 Å². The number of hydrogen-bond acceptors (Lipinski definition) is 4. The molecule has 0 saturated carbocycles. The summed E-state index contributed by atoms with van der Waals surface area (Å²) >= 11 is 0. The fraction of sp³-hybridized carbons (Fsp3) is 0.500. The highest BCUT2D eigenvalue weighted by atomic mass is 32.2. The first-order valence-corrected chi connectivity index (χ1v) is 7.34. The lowest BCUT2D eigenvalue weighted by atomic mass is 10.1. The lowest BCUT2D eigenvalue weighted by molar-refractivity contribution is 0.238. The Kier molecular flexibility index (Phi) is 4.89. The molecule has 108 valence electrons. The topological polar surface area (TPSA) is 92.4 Å². The summed E-state index contributed by atoms with van der Waals surface area (Å²) in [5, 5.41) is 8.89. The SMILES string of the molecule is Cc1cc(F)c(N)c(C)c1S(=O)(=O)NCC(C)CO. The molecule has 0 aliphatic carbocycles. The van der Waals surface area contributed by atoms with Crippen LogP contribution in [0.1, 0.15) is 18.1 Å². The number of benzene rings is 1. The highest BCUT2D eigenvalue weighted by Gasteiger charge is 2.23. The number of halogens is 1. The third-order valence-corrected chi connectivity index (χ3v) is 4.62. The Morgan fingerprint density at radius 3 is 2.58 bits per heavy atom. The molecular formula is C12H19FN2O3S. The number of rotatable bonds is 5. The maximum atomic E-state index is 13.4. The van der Waals surface area contributed by atoms with Gasteiger partial charge in [0.25, 0.3) is 0 Å². The zero-order valence-corrected chi connectivity index (χ0v) is 12.0. The molecule has 0 fully saturated rings. The fourth-order valence-electron chi connectivity index (χ4n) is 1.73. The minimum Gasteiger partial charge on any atom is -0.396 e. The van der Waals surface area contributed by atoms with E-state index in [1.165, 1.54) is 13.8 Å². The summed E-state index contributed by atoms with van der Waals surface area (Å²) in [4.78, 5) is -0.00320. The van der Waals surface area contributed by atoms with Gasteiger partial charge >= 0.3 is 0 Å². The molecule has 1 aromatic carbocycles. The predicted molar refractivity (Wildman–Crippen MR) is 71.7 cm³/mol. The smallest absolute Gasteiger partial charge is 0.241 e. The van der Waals surface area contributed by atoms with E-state index in [1.54, 1.807) is 6.92 Å². The van der Waals surface area contributed by atoms with Crippen molar-refractivity contribution in [2.75, 3.05) is 18.9 Å². The average molecular weight is 290 g/mol. The minimum absolute atomic E-state index is 0.00320. The zero-order chi connectivity index (χ0) is 14.8. The van der Waals surface area contributed by atoms with Crippen LogP contribution in [0.3, 0.4) is 0 Å². The molecule has 0 radical (unpaired) electrons. The minimum atomic E-state index is -3.77. The van der Waals surface area contributed by atoms with Crippen molar-refractivity contribution in [3.8, 4) is 0 Å². The summed E-state index contributed by atoms with van der Waals surface area (Å²) in [5.41, 5.74) is 5.85. The maximum Gasteiger partial charge on any atom is 0.241 e. The van der Waals surface area contributed by atoms with Crippen molar-refractivity contribution in [1.29, 1.82) is 0 Å². The highest BCUT2D eigenvalue weighted by molar-refractivity contribution is 7.89. The number of nitrogens with one attached hydrogen (secondary N) is 1. The van der Waals surface area contributed by atoms with E-state index in [2.05, 4.69) is 4.72 Å². The second-order valence-electron chi connectivity index (χ2n) is 4.68. The van der Waals surface area contributed by atoms with E-state index in [-0.39, 0.29) is 35.2 Å². The first-order valence-electron chi connectivity index (χ1n) is 5.86. The third-order valence-electron chi connectivity index (χ3n) is 2.91. The number of nitrogens with two attached hydrogens (primary N) is 1. The van der Waals surface area contributed by atoms with Crippen molar-refractivity contribution in [3.63, 3.8) is 0 Å². The van der Waals surface area contributed by atoms with E-state index >= 15 is 0 Å². The van der Waals surface area contributed by atoms with Gasteiger partial charge in [-0.15, -0.1) is 0 Å². The first-order chi connectivity index (χ1) is 8.70. The number of nitrogen functional groups attached to an aromatic ring is 1. The van der Waals surface area contributed by atoms with E-state index in [1.807, 2.05) is 0 Å². The number of sulfonamides is 1. The summed E-state index contributed by atoms with van der Waals surface area (Å²) < 4.78 is 40.2. The van der Waals surface area contributed by atoms with Crippen molar-refractivity contribution < 1.29 is 17.9 Å². The van der Waals surface area contributed by atoms with E-state index in [0.717, 1.165) is 6.07 Å². The van der Waals surface area contributed by atoms with Gasteiger partial charge in [-0.1, -0.05) is 6.92 Å². The summed E-state index contributed by atoms with van der Waals surface area (Å²) in [6.45, 7) is 4.68. The lowest BCUT2D eigenvalue weighted by Gasteiger charge is -2.15. The quantitative estimate of drug-likeness (QED) is 0.703. The molecular weight excluding hydrogens is 271 g/mol. The van der Waals surface area contributed by atoms with Crippen molar-refractivity contribution in [2.24, 2.45) is 5.92 Å². The van der Waals surface area contributed by atoms with Crippen LogP contribution in [0, 0.1) is 25.6 Å². The average Bonchev–Trinajstić information content (AvgIpc) is 2.33. The monoisotopic (exact) mass is 290 g/mol. The molecule has 1 atom stereocenters. The Bertz CT molecular complexity index is 573. The Morgan fingerprint density at radius 1 is 1.47 bits per heavy atom. The van der Waals surface area contributed by atoms with Gasteiger partial charge in [-0.05, 0) is 37.0 Å². The molecule has 0 heterocycles. The number of hydrogen-bond donors (Lipinski definition) is 3. The molecule has 1 aromatic rings. The number of anilines is 1. The van der Waals surface area contributed by atoms with E-state index in [9.17, 15) is 12.8 Å². The summed E-state index contributed by atoms with van der Waals surface area (Å²) in [5.74, 6) is -0.828. The van der Waals surface area contributed by atoms with Crippen LogP contribution in [0.15, 0.2) is 11.0 Å². The van der Waals surface area contributed by atoms with Crippen LogP contribution < -0.4 is 10.5 Å². The second kappa shape index (κ2) is 5.85. The first kappa shape index (κ1) is 15.9. The Morgan fingerprint density at radius 2 is 2.05 bits per heavy atom. The number of aliphatic hydroxyl groups is 1. The standard InChI is InChI=1S/C12H19FN2O3S/c1-7(6-16)5-15-19(17,18)12-8(2)4-10(13)11(14)9(12)3/h4,7,15-16H,5-6,14H2,1-3H3. The van der Waals surface area contributed by atoms with Gasteiger partial charge in [0.05, 0.1) is 10.6 Å². The molecule has 1 rings (SSSR count). The Labute approximate surface area is 112 Å². The molecule has 0 bridgehead atoms. The van der Waals surface area contributed by atoms with Gasteiger partial charge in [0, 0.05) is 13.2 Å². The molecule has 5 nitrogen and oxygen atoms in total. The van der Waals surface area contributed by atoms with Crippen molar-refractivity contribution in [2.45, 2.75) is 25.7 Å². The number of aryl methyl sites for hydroxylation is 1. The van der Waals surface area contributed by atoms with Crippen LogP contribution in [0.2, 0.25) is 0 Å². The van der Waals surface area contributed by atoms with Crippen LogP contribution in [-0.2, 0) is 10.0 Å². The van der Waals surface area contributed by atoms with Crippen molar-refractivity contribution >= 4 is 15.7 Å². The molecule has 1 unspecified atom stereocenters. The molecule has 19 heavy (non-hydrogen) atoms. The predicted octanol–water partition coefficient (Wildman–Crippen LogP) is 0.931. The van der Waals surface area contributed by atoms with Crippen LogP contribution in [0.4, 0.5) is 10.1 Å². The molecule has 0 aliphatic rings. The van der Waals surface area contributed by atoms with E-state index in [0.29, 0.717) is 5.56 Å². The molecule has 0 aliphatic heterocycles. The van der Waals surface area contributed by atoms with Crippen LogP contribution in [0.5, 0.6) is 0 Å². The van der Waals surface area contributed by atoms with Crippen LogP contribution in [-0.4, -0.2) is 26.7 Å². The zero-order valence-electron chi connectivity index (χ0n) is 11.2. The maximum absolute atomic E-state index is 13.4. The molecule has 0 aromatic heterocycles. The van der Waals surface area contributed by atoms with Gasteiger partial charge in [0.15, 0.2) is 0 Å². The van der Waals surface area contributed by atoms with Gasteiger partial charge in [-0.3, -0.25) is 0 Å². The molecule has 0 spiro atoms. The summed E-state index contributed by atoms with van der Waals surface area (Å²) in [7, 11) is -3.77.